The van der Waals surface area contributed by atoms with Crippen molar-refractivity contribution in [2.24, 2.45) is 0 Å². The molecule has 7 heteroatoms. The highest BCUT2D eigenvalue weighted by atomic mass is 32.1. The Morgan fingerprint density at radius 2 is 2.39 bits per heavy atom. The van der Waals surface area contributed by atoms with Crippen molar-refractivity contribution in [3.05, 3.63) is 29.2 Å². The molecule has 0 atom stereocenters. The molecule has 2 aromatic heterocycles. The molecule has 2 heterocycles. The van der Waals surface area contributed by atoms with Gasteiger partial charge in [0, 0.05) is 12.7 Å². The molecule has 0 aromatic carbocycles. The van der Waals surface area contributed by atoms with Gasteiger partial charge < -0.3 is 4.74 Å². The van der Waals surface area contributed by atoms with Crippen LogP contribution in [0, 0.1) is 4.77 Å². The van der Waals surface area contributed by atoms with Crippen LogP contribution in [0.15, 0.2) is 24.4 Å². The number of hydrogen-bond acceptors (Lipinski definition) is 5. The van der Waals surface area contributed by atoms with Crippen molar-refractivity contribution in [2.75, 3.05) is 7.11 Å². The molecule has 6 nitrogen and oxygen atoms in total. The second kappa shape index (κ2) is 5.54. The fourth-order valence-corrected chi connectivity index (χ4v) is 1.74. The fraction of sp³-hybridized carbons (Fsp3) is 0.273. The molecular formula is C11H12N4O2S. The van der Waals surface area contributed by atoms with Crippen LogP contribution in [0.2, 0.25) is 0 Å². The van der Waals surface area contributed by atoms with Gasteiger partial charge in [0.2, 0.25) is 0 Å². The second-order valence-electron chi connectivity index (χ2n) is 3.55. The van der Waals surface area contributed by atoms with E-state index >= 15 is 0 Å². The van der Waals surface area contributed by atoms with Crippen LogP contribution in [0.5, 0.6) is 0 Å². The Kier molecular flexibility index (Phi) is 3.83. The van der Waals surface area contributed by atoms with E-state index in [1.807, 2.05) is 18.2 Å². The van der Waals surface area contributed by atoms with Gasteiger partial charge >= 0.3 is 5.97 Å². The first-order valence-corrected chi connectivity index (χ1v) is 5.76. The fourth-order valence-electron chi connectivity index (χ4n) is 1.52. The third kappa shape index (κ3) is 2.62. The summed E-state index contributed by atoms with van der Waals surface area (Å²) < 4.78 is 6.79. The molecule has 18 heavy (non-hydrogen) atoms. The van der Waals surface area contributed by atoms with Crippen molar-refractivity contribution in [1.29, 1.82) is 0 Å². The molecule has 0 amide bonds. The van der Waals surface area contributed by atoms with Crippen molar-refractivity contribution in [2.45, 2.75) is 13.0 Å². The Balaban J connectivity index is 2.28. The normalized spacial score (nSPS) is 10.3. The molecular weight excluding hydrogens is 252 g/mol. The van der Waals surface area contributed by atoms with Crippen LogP contribution >= 0.6 is 12.2 Å². The van der Waals surface area contributed by atoms with Gasteiger partial charge in [-0.2, -0.15) is 5.10 Å². The zero-order valence-electron chi connectivity index (χ0n) is 9.79. The highest BCUT2D eigenvalue weighted by Gasteiger charge is 2.11. The van der Waals surface area contributed by atoms with E-state index in [4.69, 9.17) is 12.2 Å². The first kappa shape index (κ1) is 12.4. The second-order valence-corrected chi connectivity index (χ2v) is 3.93. The van der Waals surface area contributed by atoms with Gasteiger partial charge in [-0.25, -0.2) is 0 Å². The number of aromatic amines is 1. The van der Waals surface area contributed by atoms with Crippen molar-refractivity contribution in [3.8, 4) is 11.5 Å². The summed E-state index contributed by atoms with van der Waals surface area (Å²) >= 11 is 5.13. The van der Waals surface area contributed by atoms with Crippen LogP contribution < -0.4 is 0 Å². The summed E-state index contributed by atoms with van der Waals surface area (Å²) in [5.74, 6) is 0.328. The number of aromatic nitrogens is 4. The summed E-state index contributed by atoms with van der Waals surface area (Å²) in [5.41, 5.74) is 0.703. The summed E-state index contributed by atoms with van der Waals surface area (Å²) in [6, 6.07) is 5.52. The molecule has 0 spiro atoms. The number of methoxy groups -OCH3 is 1. The predicted molar refractivity (Wildman–Crippen MR) is 67.3 cm³/mol. The number of carbonyl (C=O) groups is 1. The van der Waals surface area contributed by atoms with Crippen molar-refractivity contribution in [1.82, 2.24) is 19.7 Å². The van der Waals surface area contributed by atoms with Crippen LogP contribution in [0.25, 0.3) is 11.5 Å². The van der Waals surface area contributed by atoms with Crippen LogP contribution in [0.4, 0.5) is 0 Å². The van der Waals surface area contributed by atoms with Crippen molar-refractivity contribution >= 4 is 18.2 Å². The van der Waals surface area contributed by atoms with E-state index < -0.39 is 0 Å². The number of ether oxygens (including phenoxy) is 1. The highest BCUT2D eigenvalue weighted by molar-refractivity contribution is 7.71. The lowest BCUT2D eigenvalue weighted by atomic mass is 10.3. The first-order chi connectivity index (χ1) is 8.72. The maximum Gasteiger partial charge on any atom is 0.307 e. The number of rotatable bonds is 4. The number of pyridine rings is 1. The standard InChI is InChI=1S/C11H12N4O2S/c1-17-9(16)5-7-15-10(13-14-11(15)18)8-4-2-3-6-12-8/h2-4,6H,5,7H2,1H3,(H,14,18). The van der Waals surface area contributed by atoms with Gasteiger partial charge in [-0.05, 0) is 24.4 Å². The minimum atomic E-state index is -0.287. The molecule has 0 aliphatic carbocycles. The van der Waals surface area contributed by atoms with E-state index in [2.05, 4.69) is 19.9 Å². The number of esters is 1. The van der Waals surface area contributed by atoms with Gasteiger partial charge in [0.05, 0.1) is 13.5 Å². The third-order valence-electron chi connectivity index (χ3n) is 2.42. The number of hydrogen-bond donors (Lipinski definition) is 1. The quantitative estimate of drug-likeness (QED) is 0.670. The molecule has 0 unspecified atom stereocenters. The highest BCUT2D eigenvalue weighted by Crippen LogP contribution is 2.14. The van der Waals surface area contributed by atoms with E-state index in [1.165, 1.54) is 7.11 Å². The average molecular weight is 264 g/mol. The minimum Gasteiger partial charge on any atom is -0.469 e. The lowest BCUT2D eigenvalue weighted by Crippen LogP contribution is -2.08. The van der Waals surface area contributed by atoms with Gasteiger partial charge in [0.1, 0.15) is 5.69 Å². The van der Waals surface area contributed by atoms with E-state index in [1.54, 1.807) is 10.8 Å². The van der Waals surface area contributed by atoms with E-state index in [0.717, 1.165) is 0 Å². The smallest absolute Gasteiger partial charge is 0.307 e. The molecule has 0 aliphatic heterocycles. The number of nitrogens with one attached hydrogen (secondary N) is 1. The Bertz CT molecular complexity index is 591. The van der Waals surface area contributed by atoms with Crippen LogP contribution in [0.3, 0.4) is 0 Å². The Hall–Kier alpha value is -2.02. The average Bonchev–Trinajstić information content (AvgIpc) is 2.78. The monoisotopic (exact) mass is 264 g/mol. The lowest BCUT2D eigenvalue weighted by Gasteiger charge is -2.05. The molecule has 0 saturated carbocycles. The maximum atomic E-state index is 11.2. The molecule has 1 N–H and O–H groups in total. The first-order valence-electron chi connectivity index (χ1n) is 5.36. The third-order valence-corrected chi connectivity index (χ3v) is 2.73. The van der Waals surface area contributed by atoms with Crippen LogP contribution in [0.1, 0.15) is 6.42 Å². The van der Waals surface area contributed by atoms with Gasteiger partial charge in [0.25, 0.3) is 0 Å². The SMILES string of the molecule is COC(=O)CCn1c(-c2ccccn2)n[nH]c1=S. The Morgan fingerprint density at radius 1 is 1.56 bits per heavy atom. The maximum absolute atomic E-state index is 11.2. The summed E-state index contributed by atoms with van der Waals surface area (Å²) in [6.07, 6.45) is 1.92. The van der Waals surface area contributed by atoms with E-state index in [-0.39, 0.29) is 12.4 Å². The number of carbonyl (C=O) groups excluding carboxylic acids is 1. The number of H-pyrrole nitrogens is 1. The van der Waals surface area contributed by atoms with Crippen LogP contribution in [-0.4, -0.2) is 32.8 Å². The zero-order chi connectivity index (χ0) is 13.0. The predicted octanol–water partition coefficient (Wildman–Crippen LogP) is 1.57. The van der Waals surface area contributed by atoms with Gasteiger partial charge in [-0.15, -0.1) is 0 Å². The summed E-state index contributed by atoms with van der Waals surface area (Å²) in [7, 11) is 1.36. The molecule has 0 radical (unpaired) electrons. The largest absolute Gasteiger partial charge is 0.469 e. The van der Waals surface area contributed by atoms with Crippen molar-refractivity contribution in [3.63, 3.8) is 0 Å². The molecule has 0 fully saturated rings. The van der Waals surface area contributed by atoms with Gasteiger partial charge in [-0.1, -0.05) is 6.07 Å². The van der Waals surface area contributed by atoms with Gasteiger partial charge in [-0.3, -0.25) is 19.4 Å². The topological polar surface area (TPSA) is 72.8 Å². The zero-order valence-corrected chi connectivity index (χ0v) is 10.6. The molecule has 2 rings (SSSR count). The van der Waals surface area contributed by atoms with E-state index in [0.29, 0.717) is 22.8 Å². The number of nitrogens with zero attached hydrogens (tertiary/aromatic N) is 3. The lowest BCUT2D eigenvalue weighted by molar-refractivity contribution is -0.140. The molecule has 0 saturated heterocycles. The minimum absolute atomic E-state index is 0.240. The van der Waals surface area contributed by atoms with E-state index in [9.17, 15) is 4.79 Å². The molecule has 0 aliphatic rings. The van der Waals surface area contributed by atoms with Gasteiger partial charge in [0.15, 0.2) is 10.6 Å². The summed E-state index contributed by atoms with van der Waals surface area (Å²) in [4.78, 5) is 15.4. The Labute approximate surface area is 109 Å². The summed E-state index contributed by atoms with van der Waals surface area (Å²) in [5, 5.41) is 6.82. The summed E-state index contributed by atoms with van der Waals surface area (Å²) in [6.45, 7) is 0.411. The molecule has 0 bridgehead atoms. The Morgan fingerprint density at radius 3 is 3.06 bits per heavy atom. The van der Waals surface area contributed by atoms with Crippen molar-refractivity contribution < 1.29 is 9.53 Å². The molecule has 2 aromatic rings. The van der Waals surface area contributed by atoms with Crippen LogP contribution in [-0.2, 0) is 16.1 Å². The molecule has 94 valence electrons.